The second-order valence-electron chi connectivity index (χ2n) is 2.69. The first-order valence-electron chi connectivity index (χ1n) is 4.15. The van der Waals surface area contributed by atoms with Crippen LogP contribution >= 0.6 is 0 Å². The molecule has 2 N–H and O–H groups in total. The van der Waals surface area contributed by atoms with E-state index in [1.807, 2.05) is 6.92 Å². The average molecular weight is 203 g/mol. The molecule has 0 unspecified atom stereocenters. The molecule has 0 aromatic carbocycles. The highest BCUT2D eigenvalue weighted by atomic mass is 32.2. The molecule has 74 valence electrons. The van der Waals surface area contributed by atoms with Crippen LogP contribution in [-0.2, 0) is 10.0 Å². The van der Waals surface area contributed by atoms with Crippen LogP contribution in [0.25, 0.3) is 0 Å². The summed E-state index contributed by atoms with van der Waals surface area (Å²) in [6.45, 7) is 2.48. The van der Waals surface area contributed by atoms with E-state index in [0.29, 0.717) is 6.54 Å². The van der Waals surface area contributed by atoms with Crippen molar-refractivity contribution in [3.63, 3.8) is 0 Å². The number of hydrogen-bond acceptors (Lipinski definition) is 3. The topological polar surface area (TPSA) is 74.8 Å². The van der Waals surface area contributed by atoms with Gasteiger partial charge < -0.3 is 0 Å². The Bertz CT molecular complexity index is 331. The lowest BCUT2D eigenvalue weighted by Crippen LogP contribution is -2.24. The van der Waals surface area contributed by atoms with E-state index >= 15 is 0 Å². The molecule has 0 aliphatic heterocycles. The van der Waals surface area contributed by atoms with Crippen molar-refractivity contribution in [2.45, 2.75) is 24.7 Å². The molecule has 1 aromatic rings. The quantitative estimate of drug-likeness (QED) is 0.684. The highest BCUT2D eigenvalue weighted by Crippen LogP contribution is 2.03. The summed E-state index contributed by atoms with van der Waals surface area (Å²) in [5.74, 6) is 0. The van der Waals surface area contributed by atoms with Crippen LogP contribution in [0.5, 0.6) is 0 Å². The standard InChI is InChI=1S/C7H13N3O2S/c1-2-3-4-10-13(11,12)7-5-8-9-6-7/h5-6,10H,2-4H2,1H3,(H,8,9). The Labute approximate surface area is 77.6 Å². The van der Waals surface area contributed by atoms with Crippen molar-refractivity contribution in [2.24, 2.45) is 0 Å². The highest BCUT2D eigenvalue weighted by molar-refractivity contribution is 7.89. The van der Waals surface area contributed by atoms with E-state index in [4.69, 9.17) is 0 Å². The summed E-state index contributed by atoms with van der Waals surface area (Å²) in [7, 11) is -3.33. The van der Waals surface area contributed by atoms with Gasteiger partial charge >= 0.3 is 0 Å². The summed E-state index contributed by atoms with van der Waals surface area (Å²) in [6.07, 6.45) is 4.45. The highest BCUT2D eigenvalue weighted by Gasteiger charge is 2.13. The zero-order chi connectivity index (χ0) is 9.73. The lowest BCUT2D eigenvalue weighted by atomic mass is 10.3. The van der Waals surface area contributed by atoms with Crippen LogP contribution < -0.4 is 4.72 Å². The van der Waals surface area contributed by atoms with E-state index in [0.717, 1.165) is 12.8 Å². The van der Waals surface area contributed by atoms with Gasteiger partial charge in [-0.1, -0.05) is 13.3 Å². The molecule has 0 aliphatic carbocycles. The number of sulfonamides is 1. The van der Waals surface area contributed by atoms with Crippen LogP contribution in [0.4, 0.5) is 0 Å². The third kappa shape index (κ3) is 2.82. The fourth-order valence-electron chi connectivity index (χ4n) is 0.853. The number of H-pyrrole nitrogens is 1. The molecule has 13 heavy (non-hydrogen) atoms. The largest absolute Gasteiger partial charge is 0.284 e. The minimum absolute atomic E-state index is 0.184. The second kappa shape index (κ2) is 4.38. The predicted octanol–water partition coefficient (Wildman–Crippen LogP) is 0.488. The summed E-state index contributed by atoms with van der Waals surface area (Å²) >= 11 is 0. The van der Waals surface area contributed by atoms with E-state index in [-0.39, 0.29) is 4.90 Å². The normalized spacial score (nSPS) is 11.8. The van der Waals surface area contributed by atoms with Crippen molar-refractivity contribution in [2.75, 3.05) is 6.54 Å². The van der Waals surface area contributed by atoms with Gasteiger partial charge in [0.15, 0.2) is 0 Å². The van der Waals surface area contributed by atoms with Gasteiger partial charge in [0.05, 0.1) is 6.20 Å². The molecule has 0 saturated heterocycles. The van der Waals surface area contributed by atoms with E-state index < -0.39 is 10.0 Å². The Morgan fingerprint density at radius 3 is 2.92 bits per heavy atom. The molecule has 0 aliphatic rings. The van der Waals surface area contributed by atoms with E-state index in [1.165, 1.54) is 12.4 Å². The molecular formula is C7H13N3O2S. The van der Waals surface area contributed by atoms with Crippen molar-refractivity contribution in [3.05, 3.63) is 12.4 Å². The van der Waals surface area contributed by atoms with E-state index in [2.05, 4.69) is 14.9 Å². The molecule has 1 heterocycles. The fraction of sp³-hybridized carbons (Fsp3) is 0.571. The zero-order valence-corrected chi connectivity index (χ0v) is 8.26. The Hall–Kier alpha value is -0.880. The molecule has 1 aromatic heterocycles. The first-order valence-corrected chi connectivity index (χ1v) is 5.63. The lowest BCUT2D eigenvalue weighted by Gasteiger charge is -2.02. The molecule has 0 spiro atoms. The van der Waals surface area contributed by atoms with Crippen molar-refractivity contribution in [3.8, 4) is 0 Å². The molecule has 0 bridgehead atoms. The zero-order valence-electron chi connectivity index (χ0n) is 7.45. The fourth-order valence-corrected chi connectivity index (χ4v) is 1.83. The Kier molecular flexibility index (Phi) is 3.44. The molecule has 0 amide bonds. The third-order valence-electron chi connectivity index (χ3n) is 1.61. The van der Waals surface area contributed by atoms with Crippen LogP contribution in [0.15, 0.2) is 17.3 Å². The van der Waals surface area contributed by atoms with Gasteiger partial charge in [-0.25, -0.2) is 13.1 Å². The van der Waals surface area contributed by atoms with Gasteiger partial charge in [0.25, 0.3) is 0 Å². The van der Waals surface area contributed by atoms with Gasteiger partial charge in [-0.2, -0.15) is 5.10 Å². The van der Waals surface area contributed by atoms with Gasteiger partial charge in [0, 0.05) is 12.7 Å². The van der Waals surface area contributed by atoms with Gasteiger partial charge in [0.1, 0.15) is 4.90 Å². The maximum atomic E-state index is 11.4. The molecular weight excluding hydrogens is 190 g/mol. The van der Waals surface area contributed by atoms with Crippen LogP contribution in [-0.4, -0.2) is 25.2 Å². The Morgan fingerprint density at radius 1 is 1.62 bits per heavy atom. The van der Waals surface area contributed by atoms with Crippen molar-refractivity contribution < 1.29 is 8.42 Å². The Balaban J connectivity index is 2.58. The molecule has 6 heteroatoms. The van der Waals surface area contributed by atoms with E-state index in [9.17, 15) is 8.42 Å². The van der Waals surface area contributed by atoms with E-state index in [1.54, 1.807) is 0 Å². The number of rotatable bonds is 5. The Morgan fingerprint density at radius 2 is 2.38 bits per heavy atom. The second-order valence-corrected chi connectivity index (χ2v) is 4.45. The summed E-state index contributed by atoms with van der Waals surface area (Å²) < 4.78 is 25.3. The van der Waals surface area contributed by atoms with Crippen LogP contribution in [0, 0.1) is 0 Å². The molecule has 0 atom stereocenters. The summed E-state index contributed by atoms with van der Waals surface area (Å²) in [5, 5.41) is 6.03. The monoisotopic (exact) mass is 203 g/mol. The SMILES string of the molecule is CCCCNS(=O)(=O)c1cn[nH]c1. The smallest absolute Gasteiger partial charge is 0.243 e. The number of nitrogens with zero attached hydrogens (tertiary/aromatic N) is 1. The minimum atomic E-state index is -3.33. The minimum Gasteiger partial charge on any atom is -0.284 e. The average Bonchev–Trinajstić information content (AvgIpc) is 2.56. The number of nitrogens with one attached hydrogen (secondary N) is 2. The molecule has 5 nitrogen and oxygen atoms in total. The van der Waals surface area contributed by atoms with Crippen LogP contribution in [0.2, 0.25) is 0 Å². The predicted molar refractivity (Wildman–Crippen MR) is 48.7 cm³/mol. The molecule has 0 saturated carbocycles. The molecule has 1 rings (SSSR count). The summed E-state index contributed by atoms with van der Waals surface area (Å²) in [6, 6.07) is 0. The molecule has 0 radical (unpaired) electrons. The maximum absolute atomic E-state index is 11.4. The van der Waals surface area contributed by atoms with Gasteiger partial charge in [0.2, 0.25) is 10.0 Å². The van der Waals surface area contributed by atoms with Gasteiger partial charge in [-0.3, -0.25) is 5.10 Å². The summed E-state index contributed by atoms with van der Waals surface area (Å²) in [4.78, 5) is 0.184. The van der Waals surface area contributed by atoms with Gasteiger partial charge in [-0.05, 0) is 6.42 Å². The van der Waals surface area contributed by atoms with Gasteiger partial charge in [-0.15, -0.1) is 0 Å². The first-order chi connectivity index (χ1) is 6.17. The third-order valence-corrected chi connectivity index (χ3v) is 3.03. The summed E-state index contributed by atoms with van der Waals surface area (Å²) in [5.41, 5.74) is 0. The lowest BCUT2D eigenvalue weighted by molar-refractivity contribution is 0.578. The first kappa shape index (κ1) is 10.2. The van der Waals surface area contributed by atoms with Crippen molar-refractivity contribution in [1.29, 1.82) is 0 Å². The van der Waals surface area contributed by atoms with Crippen molar-refractivity contribution in [1.82, 2.24) is 14.9 Å². The number of hydrogen-bond donors (Lipinski definition) is 2. The number of unbranched alkanes of at least 4 members (excludes halogenated alkanes) is 1. The number of aromatic nitrogens is 2. The van der Waals surface area contributed by atoms with Crippen LogP contribution in [0.3, 0.4) is 0 Å². The molecule has 0 fully saturated rings. The maximum Gasteiger partial charge on any atom is 0.243 e. The van der Waals surface area contributed by atoms with Crippen LogP contribution in [0.1, 0.15) is 19.8 Å². The van der Waals surface area contributed by atoms with Crippen molar-refractivity contribution >= 4 is 10.0 Å². The number of aromatic amines is 1.